The molecule has 1 atom stereocenters. The summed E-state index contributed by atoms with van der Waals surface area (Å²) < 4.78 is 0.985. The molecule has 0 radical (unpaired) electrons. The fourth-order valence-electron chi connectivity index (χ4n) is 2.75. The lowest BCUT2D eigenvalue weighted by atomic mass is 9.87. The summed E-state index contributed by atoms with van der Waals surface area (Å²) in [6.07, 6.45) is 2.42. The number of carbonyl (C=O) groups is 1. The third-order valence-corrected chi connectivity index (χ3v) is 4.52. The second-order valence-corrected chi connectivity index (χ2v) is 7.16. The molecule has 0 bridgehead atoms. The molecule has 1 heterocycles. The molecule has 1 aromatic heterocycles. The monoisotopic (exact) mass is 361 g/mol. The fourth-order valence-corrected chi connectivity index (χ4v) is 3.16. The largest absolute Gasteiger partial charge is 0.309 e. The number of hydrogen-bond acceptors (Lipinski definition) is 2. The van der Waals surface area contributed by atoms with E-state index in [1.165, 1.54) is 12.8 Å². The van der Waals surface area contributed by atoms with Crippen LogP contribution in [0, 0.1) is 5.92 Å². The van der Waals surface area contributed by atoms with Gasteiger partial charge in [0.1, 0.15) is 0 Å². The molecule has 0 aliphatic heterocycles. The number of hydrogen-bond donors (Lipinski definition) is 2. The van der Waals surface area contributed by atoms with E-state index in [9.17, 15) is 4.79 Å². The molecule has 4 nitrogen and oxygen atoms in total. The van der Waals surface area contributed by atoms with Crippen LogP contribution in [0.2, 0.25) is 0 Å². The number of anilines is 1. The van der Waals surface area contributed by atoms with Gasteiger partial charge in [-0.1, -0.05) is 41.9 Å². The Kier molecular flexibility index (Phi) is 4.34. The molecule has 3 rings (SSSR count). The zero-order chi connectivity index (χ0) is 15.7. The number of amides is 1. The first-order chi connectivity index (χ1) is 10.5. The van der Waals surface area contributed by atoms with Crippen LogP contribution in [0.5, 0.6) is 0 Å². The van der Waals surface area contributed by atoms with Gasteiger partial charge in [-0.05, 0) is 36.5 Å². The number of H-pyrrole nitrogens is 1. The van der Waals surface area contributed by atoms with Crippen LogP contribution >= 0.6 is 15.9 Å². The highest BCUT2D eigenvalue weighted by Crippen LogP contribution is 2.39. The average molecular weight is 362 g/mol. The first-order valence-corrected chi connectivity index (χ1v) is 8.45. The molecule has 2 N–H and O–H groups in total. The number of halogens is 1. The minimum atomic E-state index is -0.196. The maximum atomic E-state index is 12.7. The molecule has 2 aromatic rings. The molecule has 1 fully saturated rings. The highest BCUT2D eigenvalue weighted by Gasteiger charge is 2.27. The zero-order valence-corrected chi connectivity index (χ0v) is 14.4. The second-order valence-electron chi connectivity index (χ2n) is 6.25. The number of aromatic amines is 1. The van der Waals surface area contributed by atoms with E-state index in [0.29, 0.717) is 11.7 Å². The van der Waals surface area contributed by atoms with Gasteiger partial charge in [0, 0.05) is 22.2 Å². The lowest BCUT2D eigenvalue weighted by Crippen LogP contribution is -2.25. The molecule has 1 aliphatic rings. The fraction of sp³-hybridized carbons (Fsp3) is 0.412. The van der Waals surface area contributed by atoms with Crippen molar-refractivity contribution in [2.45, 2.75) is 38.5 Å². The second kappa shape index (κ2) is 6.24. The van der Waals surface area contributed by atoms with Crippen molar-refractivity contribution in [2.24, 2.45) is 5.92 Å². The first-order valence-electron chi connectivity index (χ1n) is 7.66. The van der Waals surface area contributed by atoms with Gasteiger partial charge in [0.15, 0.2) is 5.82 Å². The number of rotatable bonds is 5. The summed E-state index contributed by atoms with van der Waals surface area (Å²) in [4.78, 5) is 12.7. The Bertz CT molecular complexity index is 676. The van der Waals surface area contributed by atoms with Crippen LogP contribution in [0.4, 0.5) is 5.82 Å². The summed E-state index contributed by atoms with van der Waals surface area (Å²) in [6, 6.07) is 9.88. The molecule has 1 saturated carbocycles. The van der Waals surface area contributed by atoms with Gasteiger partial charge in [-0.2, -0.15) is 5.10 Å². The van der Waals surface area contributed by atoms with Gasteiger partial charge in [-0.25, -0.2) is 0 Å². The molecular formula is C17H20BrN3O. The van der Waals surface area contributed by atoms with E-state index in [0.717, 1.165) is 15.7 Å². The van der Waals surface area contributed by atoms with Gasteiger partial charge in [0.25, 0.3) is 0 Å². The quantitative estimate of drug-likeness (QED) is 0.827. The third-order valence-electron chi connectivity index (χ3n) is 4.02. The van der Waals surface area contributed by atoms with Crippen molar-refractivity contribution in [3.63, 3.8) is 0 Å². The molecular weight excluding hydrogens is 342 g/mol. The smallest absolute Gasteiger partial charge is 0.233 e. The molecule has 5 heteroatoms. The van der Waals surface area contributed by atoms with Crippen molar-refractivity contribution in [1.29, 1.82) is 0 Å². The average Bonchev–Trinajstić information content (AvgIpc) is 3.19. The van der Waals surface area contributed by atoms with Gasteiger partial charge in [0.05, 0.1) is 5.92 Å². The molecule has 1 unspecified atom stereocenters. The maximum absolute atomic E-state index is 12.7. The van der Waals surface area contributed by atoms with Gasteiger partial charge < -0.3 is 5.32 Å². The predicted octanol–water partition coefficient (Wildman–Crippen LogP) is 4.43. The number of benzene rings is 1. The van der Waals surface area contributed by atoms with E-state index >= 15 is 0 Å². The molecule has 0 spiro atoms. The SMILES string of the molecule is CC(C)C(C(=O)Nc1cc(C2CC2)[nH]n1)c1cccc(Br)c1. The van der Waals surface area contributed by atoms with E-state index in [2.05, 4.69) is 45.3 Å². The highest BCUT2D eigenvalue weighted by molar-refractivity contribution is 9.10. The molecule has 1 aliphatic carbocycles. The van der Waals surface area contributed by atoms with E-state index in [1.807, 2.05) is 30.3 Å². The van der Waals surface area contributed by atoms with Gasteiger partial charge in [0.2, 0.25) is 5.91 Å². The standard InChI is InChI=1S/C17H20BrN3O/c1-10(2)16(12-4-3-5-13(18)8-12)17(22)19-15-9-14(20-21-15)11-6-7-11/h3-5,8-11,16H,6-7H2,1-2H3,(H2,19,20,21,22). The van der Waals surface area contributed by atoms with E-state index < -0.39 is 0 Å². The Hall–Kier alpha value is -1.62. The number of aromatic nitrogens is 2. The minimum Gasteiger partial charge on any atom is -0.309 e. The summed E-state index contributed by atoms with van der Waals surface area (Å²) in [5.41, 5.74) is 2.14. The van der Waals surface area contributed by atoms with Crippen LogP contribution in [0.3, 0.4) is 0 Å². The lowest BCUT2D eigenvalue weighted by Gasteiger charge is -2.20. The number of nitrogens with one attached hydrogen (secondary N) is 2. The van der Waals surface area contributed by atoms with Crippen molar-refractivity contribution < 1.29 is 4.79 Å². The Morgan fingerprint density at radius 2 is 2.14 bits per heavy atom. The maximum Gasteiger partial charge on any atom is 0.233 e. The van der Waals surface area contributed by atoms with Crippen molar-refractivity contribution in [3.8, 4) is 0 Å². The highest BCUT2D eigenvalue weighted by atomic mass is 79.9. The van der Waals surface area contributed by atoms with E-state index in [-0.39, 0.29) is 17.7 Å². The summed E-state index contributed by atoms with van der Waals surface area (Å²) >= 11 is 3.47. The summed E-state index contributed by atoms with van der Waals surface area (Å²) in [5, 5.41) is 10.2. The van der Waals surface area contributed by atoms with Crippen molar-refractivity contribution >= 4 is 27.7 Å². The Morgan fingerprint density at radius 1 is 1.36 bits per heavy atom. The van der Waals surface area contributed by atoms with Crippen LogP contribution in [0.15, 0.2) is 34.8 Å². The van der Waals surface area contributed by atoms with E-state index in [4.69, 9.17) is 0 Å². The molecule has 1 aromatic carbocycles. The summed E-state index contributed by atoms with van der Waals surface area (Å²) in [6.45, 7) is 4.12. The van der Waals surface area contributed by atoms with Crippen LogP contribution in [0.25, 0.3) is 0 Å². The Morgan fingerprint density at radius 3 is 2.77 bits per heavy atom. The number of nitrogens with zero attached hydrogens (tertiary/aromatic N) is 1. The molecule has 1 amide bonds. The summed E-state index contributed by atoms with van der Waals surface area (Å²) in [7, 11) is 0. The normalized spacial score (nSPS) is 15.8. The number of carbonyl (C=O) groups excluding carboxylic acids is 1. The van der Waals surface area contributed by atoms with Crippen molar-refractivity contribution in [1.82, 2.24) is 10.2 Å². The lowest BCUT2D eigenvalue weighted by molar-refractivity contribution is -0.118. The van der Waals surface area contributed by atoms with Crippen LogP contribution < -0.4 is 5.32 Å². The minimum absolute atomic E-state index is 0.0121. The molecule has 116 valence electrons. The van der Waals surface area contributed by atoms with Crippen molar-refractivity contribution in [2.75, 3.05) is 5.32 Å². The van der Waals surface area contributed by atoms with Crippen LogP contribution in [-0.4, -0.2) is 16.1 Å². The molecule has 0 saturated heterocycles. The first kappa shape index (κ1) is 15.3. The van der Waals surface area contributed by atoms with Gasteiger partial charge in [-0.15, -0.1) is 0 Å². The van der Waals surface area contributed by atoms with Crippen molar-refractivity contribution in [3.05, 3.63) is 46.1 Å². The van der Waals surface area contributed by atoms with Crippen LogP contribution in [-0.2, 0) is 4.79 Å². The Balaban J connectivity index is 1.77. The summed E-state index contributed by atoms with van der Waals surface area (Å²) in [5.74, 6) is 1.22. The molecule has 22 heavy (non-hydrogen) atoms. The van der Waals surface area contributed by atoms with E-state index in [1.54, 1.807) is 0 Å². The Labute approximate surface area is 138 Å². The van der Waals surface area contributed by atoms with Gasteiger partial charge in [-0.3, -0.25) is 9.89 Å². The van der Waals surface area contributed by atoms with Crippen LogP contribution in [0.1, 0.15) is 49.8 Å². The van der Waals surface area contributed by atoms with Gasteiger partial charge >= 0.3 is 0 Å². The predicted molar refractivity (Wildman–Crippen MR) is 90.9 cm³/mol. The third kappa shape index (κ3) is 3.40. The topological polar surface area (TPSA) is 57.8 Å². The zero-order valence-electron chi connectivity index (χ0n) is 12.8.